The molecule has 0 amide bonds. The predicted molar refractivity (Wildman–Crippen MR) is 216 cm³/mol. The number of hydrogen-bond acceptors (Lipinski definition) is 0. The van der Waals surface area contributed by atoms with Gasteiger partial charge in [0.15, 0.2) is 0 Å². The zero-order valence-corrected chi connectivity index (χ0v) is 27.5. The van der Waals surface area contributed by atoms with Crippen molar-refractivity contribution in [1.82, 2.24) is 0 Å². The molecule has 0 aliphatic heterocycles. The minimum Gasteiger partial charge on any atom is -0.0622 e. The molecule has 0 aliphatic carbocycles. The summed E-state index contributed by atoms with van der Waals surface area (Å²) in [5.41, 5.74) is 9.97. The highest BCUT2D eigenvalue weighted by Crippen LogP contribution is 2.47. The van der Waals surface area contributed by atoms with Gasteiger partial charge in [-0.1, -0.05) is 182 Å². The van der Waals surface area contributed by atoms with Crippen LogP contribution in [0.25, 0.3) is 98.4 Å². The van der Waals surface area contributed by atoms with Crippen molar-refractivity contribution >= 4 is 53.9 Å². The fraction of sp³-hybridized carbons (Fsp3) is 0. The molecule has 0 heteroatoms. The third-order valence-electron chi connectivity index (χ3n) is 10.4. The quantitative estimate of drug-likeness (QED) is 0.134. The van der Waals surface area contributed by atoms with E-state index >= 15 is 0 Å². The molecule has 0 saturated carbocycles. The van der Waals surface area contributed by atoms with Crippen molar-refractivity contribution in [3.8, 4) is 44.5 Å². The van der Waals surface area contributed by atoms with Crippen molar-refractivity contribution in [2.24, 2.45) is 0 Å². The minimum absolute atomic E-state index is 1.22. The van der Waals surface area contributed by atoms with E-state index < -0.39 is 0 Å². The topological polar surface area (TPSA) is 0 Å². The van der Waals surface area contributed by atoms with E-state index in [1.54, 1.807) is 0 Å². The lowest BCUT2D eigenvalue weighted by Gasteiger charge is -2.20. The lowest BCUT2D eigenvalue weighted by molar-refractivity contribution is 1.62. The van der Waals surface area contributed by atoms with Gasteiger partial charge in [-0.25, -0.2) is 0 Å². The molecule has 10 aromatic carbocycles. The van der Waals surface area contributed by atoms with Gasteiger partial charge in [0.25, 0.3) is 0 Å². The Labute approximate surface area is 291 Å². The molecule has 0 aliphatic rings. The van der Waals surface area contributed by atoms with Crippen molar-refractivity contribution in [3.63, 3.8) is 0 Å². The van der Waals surface area contributed by atoms with E-state index in [0.717, 1.165) is 0 Å². The van der Waals surface area contributed by atoms with Gasteiger partial charge in [0.05, 0.1) is 0 Å². The summed E-state index contributed by atoms with van der Waals surface area (Å²) in [5.74, 6) is 0. The van der Waals surface area contributed by atoms with Gasteiger partial charge in [0, 0.05) is 0 Å². The molecule has 0 heterocycles. The van der Waals surface area contributed by atoms with Gasteiger partial charge in [-0.05, 0) is 111 Å². The molecule has 0 atom stereocenters. The zero-order valence-electron chi connectivity index (χ0n) is 27.5. The van der Waals surface area contributed by atoms with Crippen LogP contribution in [0.2, 0.25) is 0 Å². The Morgan fingerprint density at radius 1 is 0.200 bits per heavy atom. The summed E-state index contributed by atoms with van der Waals surface area (Å²) >= 11 is 0. The van der Waals surface area contributed by atoms with Gasteiger partial charge in [0.1, 0.15) is 0 Å². The molecule has 10 rings (SSSR count). The van der Waals surface area contributed by atoms with Crippen molar-refractivity contribution < 1.29 is 0 Å². The first-order valence-electron chi connectivity index (χ1n) is 17.4. The molecule has 0 bridgehead atoms. The third-order valence-corrected chi connectivity index (χ3v) is 10.4. The maximum atomic E-state index is 2.42. The monoisotopic (exact) mass is 632 g/mol. The zero-order chi connectivity index (χ0) is 33.0. The van der Waals surface area contributed by atoms with Gasteiger partial charge in [-0.3, -0.25) is 0 Å². The highest BCUT2D eigenvalue weighted by Gasteiger charge is 2.20. The van der Waals surface area contributed by atoms with E-state index in [9.17, 15) is 0 Å². The molecular weight excluding hydrogens is 601 g/mol. The van der Waals surface area contributed by atoms with E-state index in [4.69, 9.17) is 0 Å². The molecule has 0 fully saturated rings. The van der Waals surface area contributed by atoms with Crippen LogP contribution in [0.4, 0.5) is 0 Å². The SMILES string of the molecule is c1ccc(-c2ccc3c(-c4ccc(-c5cccc6ccccc56)cc4)c4ccccc4c(-c4cc5ccccc5c5ccccc45)c3c2)cc1. The summed E-state index contributed by atoms with van der Waals surface area (Å²) in [6, 6.07) is 71.4. The number of fused-ring (bicyclic) bond motifs is 6. The van der Waals surface area contributed by atoms with Crippen LogP contribution in [0, 0.1) is 0 Å². The first-order chi connectivity index (χ1) is 24.8. The van der Waals surface area contributed by atoms with Gasteiger partial charge >= 0.3 is 0 Å². The van der Waals surface area contributed by atoms with Crippen molar-refractivity contribution in [2.75, 3.05) is 0 Å². The predicted octanol–water partition coefficient (Wildman–Crippen LogP) is 14.1. The van der Waals surface area contributed by atoms with Gasteiger partial charge < -0.3 is 0 Å². The van der Waals surface area contributed by atoms with E-state index in [0.29, 0.717) is 0 Å². The molecule has 10 aromatic rings. The summed E-state index contributed by atoms with van der Waals surface area (Å²) in [6.45, 7) is 0. The summed E-state index contributed by atoms with van der Waals surface area (Å²) in [7, 11) is 0. The van der Waals surface area contributed by atoms with Gasteiger partial charge in [-0.15, -0.1) is 0 Å². The molecular formula is C50H32. The Morgan fingerprint density at radius 2 is 0.740 bits per heavy atom. The average molecular weight is 633 g/mol. The smallest absolute Gasteiger partial charge is 0.00197 e. The van der Waals surface area contributed by atoms with E-state index in [1.165, 1.54) is 98.4 Å². The molecule has 232 valence electrons. The van der Waals surface area contributed by atoms with Crippen molar-refractivity contribution in [1.29, 1.82) is 0 Å². The molecule has 0 radical (unpaired) electrons. The molecule has 50 heavy (non-hydrogen) atoms. The highest BCUT2D eigenvalue weighted by atomic mass is 14.2. The Balaban J connectivity index is 1.28. The second-order valence-corrected chi connectivity index (χ2v) is 13.2. The Kier molecular flexibility index (Phi) is 6.60. The van der Waals surface area contributed by atoms with Crippen LogP contribution in [0.3, 0.4) is 0 Å². The first kappa shape index (κ1) is 28.5. The maximum Gasteiger partial charge on any atom is -0.00197 e. The number of rotatable bonds is 4. The first-order valence-corrected chi connectivity index (χ1v) is 17.4. The number of benzene rings is 10. The molecule has 0 saturated heterocycles. The van der Waals surface area contributed by atoms with E-state index in [1.807, 2.05) is 0 Å². The fourth-order valence-corrected chi connectivity index (χ4v) is 8.14. The Morgan fingerprint density at radius 3 is 1.52 bits per heavy atom. The minimum atomic E-state index is 1.22. The summed E-state index contributed by atoms with van der Waals surface area (Å²) < 4.78 is 0. The lowest BCUT2D eigenvalue weighted by atomic mass is 9.83. The summed E-state index contributed by atoms with van der Waals surface area (Å²) in [4.78, 5) is 0. The standard InChI is InChI=1S/C50H32/c1-2-13-33(14-3-1)37-29-30-46-48(31-37)50(47-32-38-16-5-7-19-41(38)42-20-8-9-21-43(42)47)45-23-11-10-22-44(45)49(46)36-27-25-35(26-28-36)40-24-12-17-34-15-4-6-18-39(34)40/h1-32H. The van der Waals surface area contributed by atoms with E-state index in [2.05, 4.69) is 194 Å². The maximum absolute atomic E-state index is 2.42. The van der Waals surface area contributed by atoms with Crippen molar-refractivity contribution in [2.45, 2.75) is 0 Å². The molecule has 0 spiro atoms. The third kappa shape index (κ3) is 4.54. The van der Waals surface area contributed by atoms with Crippen LogP contribution >= 0.6 is 0 Å². The highest BCUT2D eigenvalue weighted by molar-refractivity contribution is 6.26. The van der Waals surface area contributed by atoms with Crippen LogP contribution in [0.15, 0.2) is 194 Å². The second kappa shape index (κ2) is 11.6. The van der Waals surface area contributed by atoms with Crippen LogP contribution in [0.1, 0.15) is 0 Å². The van der Waals surface area contributed by atoms with Gasteiger partial charge in [0.2, 0.25) is 0 Å². The van der Waals surface area contributed by atoms with Crippen molar-refractivity contribution in [3.05, 3.63) is 194 Å². The average Bonchev–Trinajstić information content (AvgIpc) is 3.20. The second-order valence-electron chi connectivity index (χ2n) is 13.2. The van der Waals surface area contributed by atoms with Crippen LogP contribution in [0.5, 0.6) is 0 Å². The lowest BCUT2D eigenvalue weighted by Crippen LogP contribution is -1.93. The van der Waals surface area contributed by atoms with Gasteiger partial charge in [-0.2, -0.15) is 0 Å². The molecule has 0 N–H and O–H groups in total. The summed E-state index contributed by atoms with van der Waals surface area (Å²) in [6.07, 6.45) is 0. The Bertz CT molecular complexity index is 2890. The van der Waals surface area contributed by atoms with Crippen LogP contribution < -0.4 is 0 Å². The molecule has 0 aromatic heterocycles. The fourth-order valence-electron chi connectivity index (χ4n) is 8.14. The largest absolute Gasteiger partial charge is 0.0622 e. The van der Waals surface area contributed by atoms with E-state index in [-0.39, 0.29) is 0 Å². The number of hydrogen-bond donors (Lipinski definition) is 0. The summed E-state index contributed by atoms with van der Waals surface area (Å²) in [5, 5.41) is 12.7. The normalized spacial score (nSPS) is 11.6. The van der Waals surface area contributed by atoms with Crippen LogP contribution in [-0.2, 0) is 0 Å². The molecule has 0 nitrogen and oxygen atoms in total. The Hall–Kier alpha value is -6.50. The van der Waals surface area contributed by atoms with Crippen LogP contribution in [-0.4, -0.2) is 0 Å². The molecule has 0 unspecified atom stereocenters.